The van der Waals surface area contributed by atoms with Gasteiger partial charge < -0.3 is 14.2 Å². The van der Waals surface area contributed by atoms with E-state index in [1.54, 1.807) is 61.5 Å². The number of benzene rings is 4. The summed E-state index contributed by atoms with van der Waals surface area (Å²) in [6.07, 6.45) is 1.72. The summed E-state index contributed by atoms with van der Waals surface area (Å²) in [5.74, 6) is 0.215. The first-order valence-corrected chi connectivity index (χ1v) is 16.5. The summed E-state index contributed by atoms with van der Waals surface area (Å²) in [5, 5.41) is 1.47. The molecule has 0 spiro atoms. The molecule has 0 saturated heterocycles. The van der Waals surface area contributed by atoms with Gasteiger partial charge in [-0.3, -0.25) is 9.36 Å². The lowest BCUT2D eigenvalue weighted by Gasteiger charge is -2.25. The molecule has 0 aliphatic carbocycles. The van der Waals surface area contributed by atoms with Crippen molar-refractivity contribution in [2.24, 2.45) is 4.99 Å². The number of ether oxygens (including phenoxy) is 3. The lowest BCUT2D eigenvalue weighted by molar-refractivity contribution is -0.138. The molecule has 0 fully saturated rings. The minimum atomic E-state index is -0.818. The van der Waals surface area contributed by atoms with Crippen LogP contribution in [0.15, 0.2) is 106 Å². The van der Waals surface area contributed by atoms with Crippen LogP contribution < -0.4 is 24.4 Å². The Labute approximate surface area is 289 Å². The van der Waals surface area contributed by atoms with Crippen LogP contribution in [0, 0.1) is 0 Å². The fraction of sp³-hybridized carbons (Fsp3) is 0.139. The maximum Gasteiger partial charge on any atom is 0.338 e. The van der Waals surface area contributed by atoms with Crippen LogP contribution in [0.1, 0.15) is 35.2 Å². The Morgan fingerprint density at radius 3 is 2.30 bits per heavy atom. The van der Waals surface area contributed by atoms with Crippen molar-refractivity contribution < 1.29 is 19.0 Å². The molecule has 1 aromatic heterocycles. The Balaban J connectivity index is 1.48. The Hall–Kier alpha value is -4.34. The van der Waals surface area contributed by atoms with Gasteiger partial charge in [0.25, 0.3) is 5.56 Å². The van der Waals surface area contributed by atoms with Gasteiger partial charge in [-0.15, -0.1) is 0 Å². The van der Waals surface area contributed by atoms with Gasteiger partial charge in [-0.2, -0.15) is 0 Å². The smallest absolute Gasteiger partial charge is 0.338 e. The molecule has 7 nitrogen and oxygen atoms in total. The maximum absolute atomic E-state index is 14.2. The van der Waals surface area contributed by atoms with Crippen molar-refractivity contribution in [3.63, 3.8) is 0 Å². The number of thiazole rings is 1. The van der Waals surface area contributed by atoms with E-state index in [1.165, 1.54) is 23.0 Å². The molecule has 0 unspecified atom stereocenters. The first-order valence-electron chi connectivity index (χ1n) is 14.6. The Morgan fingerprint density at radius 2 is 1.64 bits per heavy atom. The second-order valence-corrected chi connectivity index (χ2v) is 12.7. The number of hydrogen-bond acceptors (Lipinski definition) is 7. The Morgan fingerprint density at radius 1 is 0.957 bits per heavy atom. The van der Waals surface area contributed by atoms with Crippen molar-refractivity contribution in [1.82, 2.24) is 4.57 Å². The molecule has 4 aromatic carbocycles. The zero-order valence-electron chi connectivity index (χ0n) is 25.2. The highest BCUT2D eigenvalue weighted by Gasteiger charge is 2.35. The van der Waals surface area contributed by atoms with Crippen LogP contribution in [0.3, 0.4) is 0 Å². The van der Waals surface area contributed by atoms with E-state index in [4.69, 9.17) is 54.0 Å². The van der Waals surface area contributed by atoms with Crippen molar-refractivity contribution in [1.29, 1.82) is 0 Å². The van der Waals surface area contributed by atoms with Gasteiger partial charge in [0, 0.05) is 15.6 Å². The highest BCUT2D eigenvalue weighted by Crippen LogP contribution is 2.38. The molecule has 0 N–H and O–H groups in total. The molecule has 47 heavy (non-hydrogen) atoms. The van der Waals surface area contributed by atoms with Crippen LogP contribution in [-0.2, 0) is 16.1 Å². The van der Waals surface area contributed by atoms with E-state index < -0.39 is 12.0 Å². The van der Waals surface area contributed by atoms with E-state index in [-0.39, 0.29) is 24.3 Å². The summed E-state index contributed by atoms with van der Waals surface area (Å²) >= 11 is 20.1. The zero-order chi connectivity index (χ0) is 33.1. The molecular weight excluding hydrogens is 679 g/mol. The van der Waals surface area contributed by atoms with Crippen molar-refractivity contribution in [2.45, 2.75) is 19.6 Å². The number of fused-ring (bicyclic) bond motifs is 1. The molecule has 1 aliphatic rings. The normalized spacial score (nSPS) is 14.4. The first kappa shape index (κ1) is 32.6. The number of hydrogen-bond donors (Lipinski definition) is 0. The van der Waals surface area contributed by atoms with Crippen molar-refractivity contribution in [3.05, 3.63) is 154 Å². The summed E-state index contributed by atoms with van der Waals surface area (Å²) in [5.41, 5.74) is 3.28. The third kappa shape index (κ3) is 6.87. The molecule has 0 bridgehead atoms. The molecule has 0 radical (unpaired) electrons. The molecule has 0 saturated carbocycles. The van der Waals surface area contributed by atoms with Crippen molar-refractivity contribution in [3.8, 4) is 11.5 Å². The molecule has 1 aliphatic heterocycles. The monoisotopic (exact) mass is 704 g/mol. The average Bonchev–Trinajstić information content (AvgIpc) is 3.38. The molecule has 2 heterocycles. The lowest BCUT2D eigenvalue weighted by Crippen LogP contribution is -2.40. The average molecular weight is 706 g/mol. The second kappa shape index (κ2) is 14.2. The third-order valence-corrected chi connectivity index (χ3v) is 9.17. The van der Waals surface area contributed by atoms with Crippen LogP contribution in [0.2, 0.25) is 15.1 Å². The number of methoxy groups -OCH3 is 1. The molecular formula is C36H27Cl3N2O5S. The zero-order valence-corrected chi connectivity index (χ0v) is 28.3. The van der Waals surface area contributed by atoms with E-state index in [0.29, 0.717) is 52.7 Å². The van der Waals surface area contributed by atoms with Gasteiger partial charge in [-0.1, -0.05) is 101 Å². The number of carbonyl (C=O) groups excluding carboxylic acids is 1. The lowest BCUT2D eigenvalue weighted by atomic mass is 9.93. The Kier molecular flexibility index (Phi) is 9.84. The molecule has 11 heteroatoms. The van der Waals surface area contributed by atoms with Crippen molar-refractivity contribution in [2.75, 3.05) is 13.7 Å². The van der Waals surface area contributed by atoms with Gasteiger partial charge in [0.2, 0.25) is 0 Å². The fourth-order valence-electron chi connectivity index (χ4n) is 5.25. The molecule has 0 amide bonds. The van der Waals surface area contributed by atoms with E-state index in [9.17, 15) is 9.59 Å². The minimum absolute atomic E-state index is 0.157. The van der Waals surface area contributed by atoms with Gasteiger partial charge in [-0.05, 0) is 66.1 Å². The number of aromatic nitrogens is 1. The van der Waals surface area contributed by atoms with Crippen LogP contribution in [-0.4, -0.2) is 24.3 Å². The summed E-state index contributed by atoms with van der Waals surface area (Å²) in [6, 6.07) is 26.3. The molecule has 6 rings (SSSR count). The van der Waals surface area contributed by atoms with E-state index in [1.807, 2.05) is 42.5 Å². The summed E-state index contributed by atoms with van der Waals surface area (Å²) < 4.78 is 19.1. The number of halogens is 3. The highest BCUT2D eigenvalue weighted by molar-refractivity contribution is 7.07. The largest absolute Gasteiger partial charge is 0.493 e. The van der Waals surface area contributed by atoms with E-state index in [0.717, 1.165) is 11.1 Å². The van der Waals surface area contributed by atoms with Gasteiger partial charge in [0.15, 0.2) is 16.3 Å². The molecule has 1 atom stereocenters. The highest BCUT2D eigenvalue weighted by atomic mass is 35.5. The van der Waals surface area contributed by atoms with Gasteiger partial charge in [0.05, 0.1) is 40.6 Å². The van der Waals surface area contributed by atoms with E-state index in [2.05, 4.69) is 0 Å². The predicted octanol–water partition coefficient (Wildman–Crippen LogP) is 7.48. The fourth-order valence-corrected chi connectivity index (χ4v) is 6.78. The number of esters is 1. The van der Waals surface area contributed by atoms with Crippen LogP contribution >= 0.6 is 46.1 Å². The van der Waals surface area contributed by atoms with Crippen LogP contribution in [0.25, 0.3) is 11.8 Å². The minimum Gasteiger partial charge on any atom is -0.493 e. The van der Waals surface area contributed by atoms with Gasteiger partial charge in [0.1, 0.15) is 6.61 Å². The topological polar surface area (TPSA) is 79.1 Å². The van der Waals surface area contributed by atoms with E-state index >= 15 is 0 Å². The second-order valence-electron chi connectivity index (χ2n) is 10.4. The van der Waals surface area contributed by atoms with Gasteiger partial charge in [-0.25, -0.2) is 9.79 Å². The van der Waals surface area contributed by atoms with Crippen LogP contribution in [0.4, 0.5) is 0 Å². The number of rotatable bonds is 9. The number of nitrogens with zero attached hydrogens (tertiary/aromatic N) is 2. The molecule has 5 aromatic rings. The number of carbonyl (C=O) groups is 1. The maximum atomic E-state index is 14.2. The Bertz CT molecular complexity index is 2160. The summed E-state index contributed by atoms with van der Waals surface area (Å²) in [7, 11) is 1.52. The third-order valence-electron chi connectivity index (χ3n) is 7.41. The summed E-state index contributed by atoms with van der Waals surface area (Å²) in [4.78, 5) is 33.1. The first-order chi connectivity index (χ1) is 22.8. The molecule has 238 valence electrons. The predicted molar refractivity (Wildman–Crippen MR) is 186 cm³/mol. The summed E-state index contributed by atoms with van der Waals surface area (Å²) in [6.45, 7) is 2.15. The standard InChI is InChI=1S/C36H27Cl3N2O5S/c1-3-45-35(43)30-31(23-7-5-4-6-8-23)40-36-41(32(30)24-11-15-26(38)16-12-24)34(42)29(47-36)19-22-17-27(39)33(28(18-22)44-2)46-20-21-9-13-25(37)14-10-21/h4-19,32H,3,20H2,1-2H3/b29-19-/t32-/m0/s1. The van der Waals surface area contributed by atoms with Crippen LogP contribution in [0.5, 0.6) is 11.5 Å². The quantitative estimate of drug-likeness (QED) is 0.149. The van der Waals surface area contributed by atoms with Crippen molar-refractivity contribution >= 4 is 63.9 Å². The SMILES string of the molecule is CCOC(=O)C1=C(c2ccccc2)N=c2s/c(=C\c3cc(Cl)c(OCc4ccc(Cl)cc4)c(OC)c3)c(=O)n2[C@H]1c1ccc(Cl)cc1. The van der Waals surface area contributed by atoms with Gasteiger partial charge >= 0.3 is 5.97 Å².